The van der Waals surface area contributed by atoms with Gasteiger partial charge < -0.3 is 9.84 Å². The average molecular weight is 288 g/mol. The summed E-state index contributed by atoms with van der Waals surface area (Å²) < 4.78 is 5.38. The molecule has 1 atom stereocenters. The largest absolute Gasteiger partial charge is 0.339 e. The van der Waals surface area contributed by atoms with Gasteiger partial charge in [-0.1, -0.05) is 32.0 Å². The van der Waals surface area contributed by atoms with Crippen LogP contribution in [-0.2, 0) is 12.8 Å². The summed E-state index contributed by atoms with van der Waals surface area (Å²) in [6, 6.07) is 4.30. The Hall–Kier alpha value is -1.75. The maximum atomic E-state index is 5.38. The minimum absolute atomic E-state index is 0.372. The summed E-state index contributed by atoms with van der Waals surface area (Å²) in [5.41, 5.74) is 1.09. The minimum atomic E-state index is 0.372. The van der Waals surface area contributed by atoms with Crippen molar-refractivity contribution in [1.29, 1.82) is 0 Å². The molecule has 1 unspecified atom stereocenters. The molecule has 0 aliphatic heterocycles. The summed E-state index contributed by atoms with van der Waals surface area (Å²) in [7, 11) is 0. The topological polar surface area (TPSA) is 63.8 Å². The van der Waals surface area contributed by atoms with Crippen LogP contribution in [0.15, 0.2) is 29.0 Å². The van der Waals surface area contributed by atoms with Gasteiger partial charge in [0, 0.05) is 31.3 Å². The standard InChI is InChI=1S/C16H24N4O/c1-4-7-18-14(12(2)3)10-16-19-15(20-21-16)9-13-6-5-8-17-11-13/h5-6,8,11-12,14,18H,4,7,9-10H2,1-3H3. The Morgan fingerprint density at radius 3 is 2.86 bits per heavy atom. The lowest BCUT2D eigenvalue weighted by atomic mass is 10.0. The zero-order valence-corrected chi connectivity index (χ0v) is 13.0. The Morgan fingerprint density at radius 1 is 1.33 bits per heavy atom. The van der Waals surface area contributed by atoms with Crippen molar-refractivity contribution in [1.82, 2.24) is 20.4 Å². The zero-order chi connectivity index (χ0) is 15.1. The molecule has 21 heavy (non-hydrogen) atoms. The Balaban J connectivity index is 1.95. The fourth-order valence-corrected chi connectivity index (χ4v) is 2.19. The number of aromatic nitrogens is 3. The molecule has 0 aromatic carbocycles. The quantitative estimate of drug-likeness (QED) is 0.809. The van der Waals surface area contributed by atoms with Gasteiger partial charge in [0.25, 0.3) is 0 Å². The number of hydrogen-bond donors (Lipinski definition) is 1. The summed E-state index contributed by atoms with van der Waals surface area (Å²) >= 11 is 0. The smallest absolute Gasteiger partial charge is 0.228 e. The number of nitrogens with zero attached hydrogens (tertiary/aromatic N) is 3. The van der Waals surface area contributed by atoms with Crippen LogP contribution in [0.2, 0.25) is 0 Å². The first-order valence-corrected chi connectivity index (χ1v) is 7.62. The molecule has 2 aromatic rings. The predicted octanol–water partition coefficient (Wildman–Crippen LogP) is 2.62. The molecule has 2 aromatic heterocycles. The van der Waals surface area contributed by atoms with Crippen LogP contribution in [0.1, 0.15) is 44.5 Å². The number of nitrogens with one attached hydrogen (secondary N) is 1. The van der Waals surface area contributed by atoms with Gasteiger partial charge in [-0.15, -0.1) is 0 Å². The lowest BCUT2D eigenvalue weighted by Crippen LogP contribution is -2.36. The summed E-state index contributed by atoms with van der Waals surface area (Å²) in [6.45, 7) is 7.60. The zero-order valence-electron chi connectivity index (χ0n) is 13.0. The van der Waals surface area contributed by atoms with Gasteiger partial charge >= 0.3 is 0 Å². The third-order valence-electron chi connectivity index (χ3n) is 3.45. The van der Waals surface area contributed by atoms with Crippen LogP contribution in [0.25, 0.3) is 0 Å². The Labute approximate surface area is 126 Å². The molecule has 0 saturated carbocycles. The molecule has 1 N–H and O–H groups in total. The van der Waals surface area contributed by atoms with E-state index in [1.807, 2.05) is 18.3 Å². The molecule has 0 fully saturated rings. The Morgan fingerprint density at radius 2 is 2.19 bits per heavy atom. The van der Waals surface area contributed by atoms with E-state index in [9.17, 15) is 0 Å². The van der Waals surface area contributed by atoms with Crippen molar-refractivity contribution in [2.45, 2.75) is 46.1 Å². The van der Waals surface area contributed by atoms with Crippen LogP contribution in [0, 0.1) is 5.92 Å². The van der Waals surface area contributed by atoms with Crippen molar-refractivity contribution in [3.8, 4) is 0 Å². The highest BCUT2D eigenvalue weighted by Crippen LogP contribution is 2.11. The van der Waals surface area contributed by atoms with Gasteiger partial charge in [-0.3, -0.25) is 4.98 Å². The van der Waals surface area contributed by atoms with Gasteiger partial charge in [-0.25, -0.2) is 0 Å². The lowest BCUT2D eigenvalue weighted by Gasteiger charge is -2.20. The van der Waals surface area contributed by atoms with E-state index in [2.05, 4.69) is 41.2 Å². The molecular formula is C16H24N4O. The van der Waals surface area contributed by atoms with E-state index in [4.69, 9.17) is 4.52 Å². The second kappa shape index (κ2) is 7.88. The van der Waals surface area contributed by atoms with Crippen LogP contribution in [0.3, 0.4) is 0 Å². The summed E-state index contributed by atoms with van der Waals surface area (Å²) in [4.78, 5) is 8.59. The molecule has 0 bridgehead atoms. The van der Waals surface area contributed by atoms with Crippen molar-refractivity contribution in [3.05, 3.63) is 41.8 Å². The molecule has 2 rings (SSSR count). The van der Waals surface area contributed by atoms with Gasteiger partial charge in [0.05, 0.1) is 0 Å². The van der Waals surface area contributed by atoms with E-state index >= 15 is 0 Å². The van der Waals surface area contributed by atoms with Gasteiger partial charge in [-0.2, -0.15) is 4.98 Å². The van der Waals surface area contributed by atoms with E-state index in [1.165, 1.54) is 0 Å². The molecule has 5 nitrogen and oxygen atoms in total. The molecule has 2 heterocycles. The van der Waals surface area contributed by atoms with Gasteiger partial charge in [0.1, 0.15) is 0 Å². The fourth-order valence-electron chi connectivity index (χ4n) is 2.19. The van der Waals surface area contributed by atoms with Crippen molar-refractivity contribution in [2.24, 2.45) is 5.92 Å². The highest BCUT2D eigenvalue weighted by atomic mass is 16.5. The first-order valence-electron chi connectivity index (χ1n) is 7.62. The molecule has 114 valence electrons. The number of hydrogen-bond acceptors (Lipinski definition) is 5. The van der Waals surface area contributed by atoms with Crippen molar-refractivity contribution >= 4 is 0 Å². The maximum Gasteiger partial charge on any atom is 0.228 e. The molecule has 0 radical (unpaired) electrons. The van der Waals surface area contributed by atoms with E-state index in [1.54, 1.807) is 6.20 Å². The summed E-state index contributed by atoms with van der Waals surface area (Å²) in [6.07, 6.45) is 6.15. The van der Waals surface area contributed by atoms with Crippen LogP contribution < -0.4 is 5.32 Å². The first-order chi connectivity index (χ1) is 10.2. The highest BCUT2D eigenvalue weighted by molar-refractivity contribution is 5.13. The Bertz CT molecular complexity index is 524. The van der Waals surface area contributed by atoms with E-state index < -0.39 is 0 Å². The SMILES string of the molecule is CCCNC(Cc1nc(Cc2cccnc2)no1)C(C)C. The molecule has 0 saturated heterocycles. The molecule has 0 aliphatic rings. The fraction of sp³-hybridized carbons (Fsp3) is 0.562. The maximum absolute atomic E-state index is 5.38. The van der Waals surface area contributed by atoms with E-state index in [-0.39, 0.29) is 0 Å². The van der Waals surface area contributed by atoms with Crippen LogP contribution in [0.4, 0.5) is 0 Å². The van der Waals surface area contributed by atoms with E-state index in [0.29, 0.717) is 24.3 Å². The molecule has 0 spiro atoms. The molecule has 5 heteroatoms. The average Bonchev–Trinajstić information content (AvgIpc) is 2.91. The summed E-state index contributed by atoms with van der Waals surface area (Å²) in [5.74, 6) is 1.96. The normalized spacial score (nSPS) is 12.8. The second-order valence-electron chi connectivity index (χ2n) is 5.65. The van der Waals surface area contributed by atoms with Crippen molar-refractivity contribution < 1.29 is 4.52 Å². The van der Waals surface area contributed by atoms with Gasteiger partial charge in [0.15, 0.2) is 5.82 Å². The van der Waals surface area contributed by atoms with Crippen molar-refractivity contribution in [2.75, 3.05) is 6.54 Å². The summed E-state index contributed by atoms with van der Waals surface area (Å²) in [5, 5.41) is 7.60. The predicted molar refractivity (Wildman–Crippen MR) is 82.0 cm³/mol. The van der Waals surface area contributed by atoms with Gasteiger partial charge in [0.2, 0.25) is 5.89 Å². The first kappa shape index (κ1) is 15.6. The van der Waals surface area contributed by atoms with Crippen LogP contribution in [-0.4, -0.2) is 27.7 Å². The van der Waals surface area contributed by atoms with Gasteiger partial charge in [-0.05, 0) is 30.5 Å². The third kappa shape index (κ3) is 4.93. The van der Waals surface area contributed by atoms with Crippen molar-refractivity contribution in [3.63, 3.8) is 0 Å². The monoisotopic (exact) mass is 288 g/mol. The number of pyridine rings is 1. The minimum Gasteiger partial charge on any atom is -0.339 e. The molecule has 0 amide bonds. The van der Waals surface area contributed by atoms with Crippen LogP contribution in [0.5, 0.6) is 0 Å². The Kier molecular flexibility index (Phi) is 5.87. The second-order valence-corrected chi connectivity index (χ2v) is 5.65. The highest BCUT2D eigenvalue weighted by Gasteiger charge is 2.17. The number of rotatable bonds is 8. The molecule has 0 aliphatic carbocycles. The third-order valence-corrected chi connectivity index (χ3v) is 3.45. The lowest BCUT2D eigenvalue weighted by molar-refractivity contribution is 0.325. The van der Waals surface area contributed by atoms with E-state index in [0.717, 1.165) is 30.8 Å². The van der Waals surface area contributed by atoms with Crippen LogP contribution >= 0.6 is 0 Å². The molecular weight excluding hydrogens is 264 g/mol.